The van der Waals surface area contributed by atoms with Gasteiger partial charge in [-0.1, -0.05) is 12.2 Å². The molecule has 1 fully saturated rings. The molecule has 4 aromatic rings. The SMILES string of the molecule is Nc1nc2c(ncn2[C@@H]2O[C@@H]3COP(=O)(S)OCCn4c(nc5cncnc54)COP(O)(=S)O[C@@H]2[C@H]3F)c(=O)[nH]1. The molecule has 2 unspecified atom stereocenters. The first-order chi connectivity index (χ1) is 19.0. The Balaban J connectivity index is 1.38. The highest BCUT2D eigenvalue weighted by Crippen LogP contribution is 2.55. The van der Waals surface area contributed by atoms with Crippen molar-refractivity contribution in [1.29, 1.82) is 0 Å². The standard InChI is InChI=1S/C18H20FN9O8P2S2/c19-11-9-4-33-37(30,39)32-2-1-27-10(24-8-3-21-6-22-14(8)27)5-34-38(31,40)36-13(11)17(35-9)28-7-23-12-15(28)25-18(20)26-16(12)29/h3,6-7,9,11,13,17H,1-2,4-5H2,(H,30,39)(H,31,40)(H3,20,25,26,29)/t9-,11+,13-,17-,37?,38?/m1/s1. The molecule has 0 radical (unpaired) electrons. The molecule has 4 aromatic heterocycles. The first-order valence-corrected chi connectivity index (χ1v) is 16.7. The summed E-state index contributed by atoms with van der Waals surface area (Å²) in [5, 5.41) is 0. The maximum atomic E-state index is 15.8. The smallest absolute Gasteiger partial charge is 0.369 e. The van der Waals surface area contributed by atoms with Gasteiger partial charge in [0.1, 0.15) is 36.5 Å². The van der Waals surface area contributed by atoms with Crippen LogP contribution in [-0.4, -0.2) is 75.5 Å². The molecular formula is C18H20FN9O8P2S2. The summed E-state index contributed by atoms with van der Waals surface area (Å²) in [7, 11) is 0. The number of hydrogen-bond donors (Lipinski definition) is 4. The Labute approximate surface area is 233 Å². The molecule has 2 aliphatic heterocycles. The normalized spacial score (nSPS) is 32.1. The molecule has 2 aliphatic rings. The van der Waals surface area contributed by atoms with Crippen LogP contribution in [0.5, 0.6) is 0 Å². The summed E-state index contributed by atoms with van der Waals surface area (Å²) in [6.45, 7) is -9.17. The third kappa shape index (κ3) is 5.32. The number of imidazole rings is 2. The lowest BCUT2D eigenvalue weighted by molar-refractivity contribution is -0.0455. The maximum Gasteiger partial charge on any atom is 0.386 e. The lowest BCUT2D eigenvalue weighted by atomic mass is 10.1. The summed E-state index contributed by atoms with van der Waals surface area (Å²) in [4.78, 5) is 46.1. The summed E-state index contributed by atoms with van der Waals surface area (Å²) in [6, 6.07) is 0. The second-order valence-corrected chi connectivity index (χ2v) is 14.3. The van der Waals surface area contributed by atoms with Crippen LogP contribution >= 0.6 is 25.8 Å². The highest BCUT2D eigenvalue weighted by atomic mass is 32.7. The zero-order valence-corrected chi connectivity index (χ0v) is 23.5. The number of ether oxygens (including phenoxy) is 1. The number of anilines is 1. The highest BCUT2D eigenvalue weighted by Gasteiger charge is 2.50. The van der Waals surface area contributed by atoms with Crippen LogP contribution in [0.25, 0.3) is 22.3 Å². The molecule has 214 valence electrons. The van der Waals surface area contributed by atoms with Gasteiger partial charge in [-0.05, 0) is 11.8 Å². The van der Waals surface area contributed by atoms with Crippen molar-refractivity contribution in [3.05, 3.63) is 35.0 Å². The van der Waals surface area contributed by atoms with E-state index in [1.165, 1.54) is 23.4 Å². The van der Waals surface area contributed by atoms with Crippen LogP contribution in [0.3, 0.4) is 0 Å². The van der Waals surface area contributed by atoms with E-state index in [1.807, 2.05) is 0 Å². The molecule has 0 aliphatic carbocycles. The van der Waals surface area contributed by atoms with Gasteiger partial charge in [-0.15, -0.1) is 0 Å². The minimum absolute atomic E-state index is 0.0480. The lowest BCUT2D eigenvalue weighted by Crippen LogP contribution is -2.32. The average molecular weight is 635 g/mol. The van der Waals surface area contributed by atoms with E-state index in [9.17, 15) is 14.3 Å². The summed E-state index contributed by atoms with van der Waals surface area (Å²) >= 11 is 9.18. The number of H-pyrrole nitrogens is 1. The van der Waals surface area contributed by atoms with Crippen LogP contribution in [0.1, 0.15) is 12.1 Å². The van der Waals surface area contributed by atoms with Crippen molar-refractivity contribution in [1.82, 2.24) is 39.0 Å². The largest absolute Gasteiger partial charge is 0.386 e. The molecule has 0 aromatic carbocycles. The van der Waals surface area contributed by atoms with Gasteiger partial charge in [-0.25, -0.2) is 28.9 Å². The number of hydrogen-bond acceptors (Lipinski definition) is 14. The van der Waals surface area contributed by atoms with Crippen molar-refractivity contribution >= 4 is 65.8 Å². The molecule has 6 atom stereocenters. The molecule has 2 bridgehead atoms. The topological polar surface area (TPSA) is 217 Å². The zero-order chi connectivity index (χ0) is 28.2. The van der Waals surface area contributed by atoms with Gasteiger partial charge in [0, 0.05) is 6.54 Å². The third-order valence-electron chi connectivity index (χ3n) is 6.06. The number of nitrogens with one attached hydrogen (secondary N) is 1. The Hall–Kier alpha value is -2.38. The first-order valence-electron chi connectivity index (χ1n) is 11.5. The quantitative estimate of drug-likeness (QED) is 0.169. The van der Waals surface area contributed by atoms with Crippen LogP contribution in [-0.2, 0) is 52.4 Å². The van der Waals surface area contributed by atoms with E-state index < -0.39 is 50.3 Å². The Bertz CT molecular complexity index is 1750. The number of aromatic amines is 1. The summed E-state index contributed by atoms with van der Waals surface area (Å²) in [6.07, 6.45) is -2.44. The maximum absolute atomic E-state index is 15.8. The number of rotatable bonds is 1. The van der Waals surface area contributed by atoms with E-state index >= 15 is 4.39 Å². The van der Waals surface area contributed by atoms with E-state index in [1.54, 1.807) is 4.57 Å². The second kappa shape index (κ2) is 10.5. The predicted octanol–water partition coefficient (Wildman–Crippen LogP) is 0.980. The van der Waals surface area contributed by atoms with Crippen LogP contribution in [0.2, 0.25) is 0 Å². The minimum Gasteiger partial charge on any atom is -0.369 e. The van der Waals surface area contributed by atoms with Crippen molar-refractivity contribution < 1.29 is 36.7 Å². The molecule has 17 nitrogen and oxygen atoms in total. The number of halogens is 1. The Morgan fingerprint density at radius 2 is 2.08 bits per heavy atom. The zero-order valence-electron chi connectivity index (χ0n) is 20.0. The lowest BCUT2D eigenvalue weighted by Gasteiger charge is -2.25. The van der Waals surface area contributed by atoms with Crippen LogP contribution < -0.4 is 11.3 Å². The molecule has 0 spiro atoms. The molecule has 22 heteroatoms. The minimum atomic E-state index is -4.17. The van der Waals surface area contributed by atoms with Crippen molar-refractivity contribution in [2.45, 2.75) is 37.8 Å². The van der Waals surface area contributed by atoms with Crippen LogP contribution in [0.15, 0.2) is 23.6 Å². The van der Waals surface area contributed by atoms with E-state index in [4.69, 9.17) is 40.4 Å². The molecule has 0 saturated carbocycles. The monoisotopic (exact) mass is 635 g/mol. The third-order valence-corrected chi connectivity index (χ3v) is 9.28. The van der Waals surface area contributed by atoms with Crippen LogP contribution in [0.4, 0.5) is 10.3 Å². The fraction of sp³-hybridized carbons (Fsp3) is 0.444. The van der Waals surface area contributed by atoms with Gasteiger partial charge in [-0.3, -0.25) is 27.9 Å². The number of nitrogens with zero attached hydrogens (tertiary/aromatic N) is 7. The highest BCUT2D eigenvalue weighted by molar-refractivity contribution is 8.44. The predicted molar refractivity (Wildman–Crippen MR) is 141 cm³/mol. The van der Waals surface area contributed by atoms with Crippen molar-refractivity contribution in [2.24, 2.45) is 0 Å². The Kier molecular flexibility index (Phi) is 7.27. The van der Waals surface area contributed by atoms with E-state index in [0.717, 1.165) is 0 Å². The molecular weight excluding hydrogens is 615 g/mol. The van der Waals surface area contributed by atoms with Gasteiger partial charge >= 0.3 is 13.5 Å². The number of fused-ring (bicyclic) bond motifs is 6. The molecule has 40 heavy (non-hydrogen) atoms. The number of alkyl halides is 1. The van der Waals surface area contributed by atoms with E-state index in [2.05, 4.69) is 42.2 Å². The summed E-state index contributed by atoms with van der Waals surface area (Å²) < 4.78 is 59.1. The summed E-state index contributed by atoms with van der Waals surface area (Å²) in [5.74, 6) is 0.0290. The molecule has 1 saturated heterocycles. The molecule has 6 rings (SSSR count). The Morgan fingerprint density at radius 1 is 1.25 bits per heavy atom. The van der Waals surface area contributed by atoms with E-state index in [-0.39, 0.29) is 42.7 Å². The molecule has 4 N–H and O–H groups in total. The van der Waals surface area contributed by atoms with Gasteiger partial charge < -0.3 is 24.5 Å². The molecule has 0 amide bonds. The van der Waals surface area contributed by atoms with E-state index in [0.29, 0.717) is 11.2 Å². The van der Waals surface area contributed by atoms with Crippen molar-refractivity contribution in [3.8, 4) is 0 Å². The summed E-state index contributed by atoms with van der Waals surface area (Å²) in [5.41, 5.74) is 5.70. The average Bonchev–Trinajstić information content (AvgIpc) is 3.55. The van der Waals surface area contributed by atoms with Crippen LogP contribution in [0, 0.1) is 0 Å². The number of aromatic nitrogens is 8. The Morgan fingerprint density at radius 3 is 2.90 bits per heavy atom. The van der Waals surface area contributed by atoms with Gasteiger partial charge in [0.2, 0.25) is 5.95 Å². The number of nitrogens with two attached hydrogens (primary N) is 1. The number of nitrogen functional groups attached to an aromatic ring is 1. The fourth-order valence-corrected chi connectivity index (χ4v) is 6.83. The number of thiol groups is 1. The van der Waals surface area contributed by atoms with Gasteiger partial charge in [0.05, 0.1) is 25.7 Å². The van der Waals surface area contributed by atoms with Gasteiger partial charge in [0.15, 0.2) is 29.2 Å². The van der Waals surface area contributed by atoms with Crippen molar-refractivity contribution in [2.75, 3.05) is 18.9 Å². The van der Waals surface area contributed by atoms with Gasteiger partial charge in [-0.2, -0.15) is 4.98 Å². The first kappa shape index (κ1) is 27.8. The second-order valence-electron chi connectivity index (χ2n) is 8.61. The van der Waals surface area contributed by atoms with Crippen molar-refractivity contribution in [3.63, 3.8) is 0 Å². The fourth-order valence-electron chi connectivity index (χ4n) is 4.34. The van der Waals surface area contributed by atoms with Gasteiger partial charge in [0.25, 0.3) is 5.56 Å². The molecule has 6 heterocycles.